The number of benzene rings is 2. The molecule has 1 amide bonds. The van der Waals surface area contributed by atoms with Gasteiger partial charge < -0.3 is 10.1 Å². The van der Waals surface area contributed by atoms with E-state index in [-0.39, 0.29) is 18.6 Å². The Bertz CT molecular complexity index is 776. The summed E-state index contributed by atoms with van der Waals surface area (Å²) in [6, 6.07) is 8.13. The summed E-state index contributed by atoms with van der Waals surface area (Å²) in [5.41, 5.74) is 7.02. The number of ether oxygens (including phenoxy) is 1. The topological polar surface area (TPSA) is 38.3 Å². The van der Waals surface area contributed by atoms with Crippen LogP contribution < -0.4 is 10.1 Å². The lowest BCUT2D eigenvalue weighted by atomic mass is 9.96. The van der Waals surface area contributed by atoms with Crippen LogP contribution in [0.25, 0.3) is 0 Å². The van der Waals surface area contributed by atoms with Gasteiger partial charge in [0.15, 0.2) is 6.61 Å². The molecule has 2 aromatic rings. The quantitative estimate of drug-likeness (QED) is 0.740. The number of hydrogen-bond acceptors (Lipinski definition) is 2. The Morgan fingerprint density at radius 3 is 2.12 bits per heavy atom. The average molecular weight is 404 g/mol. The Balaban J connectivity index is 1.99. The molecule has 2 aromatic carbocycles. The summed E-state index contributed by atoms with van der Waals surface area (Å²) >= 11 is 3.53. The van der Waals surface area contributed by atoms with Crippen molar-refractivity contribution in [3.8, 4) is 5.75 Å². The fraction of sp³-hybridized carbons (Fsp3) is 0.381. The van der Waals surface area contributed by atoms with E-state index in [1.807, 2.05) is 32.9 Å². The van der Waals surface area contributed by atoms with Gasteiger partial charge in [-0.25, -0.2) is 0 Å². The first-order valence-electron chi connectivity index (χ1n) is 8.45. The summed E-state index contributed by atoms with van der Waals surface area (Å²) < 4.78 is 6.73. The third kappa shape index (κ3) is 4.85. The number of rotatable bonds is 5. The number of carbonyl (C=O) groups is 1. The Kier molecular flexibility index (Phi) is 6.28. The molecule has 1 N–H and O–H groups in total. The highest BCUT2D eigenvalue weighted by Crippen LogP contribution is 2.26. The summed E-state index contributed by atoms with van der Waals surface area (Å²) in [4.78, 5) is 12.3. The van der Waals surface area contributed by atoms with Gasteiger partial charge in [-0.1, -0.05) is 28.1 Å². The van der Waals surface area contributed by atoms with E-state index in [2.05, 4.69) is 54.2 Å². The Labute approximate surface area is 158 Å². The van der Waals surface area contributed by atoms with Gasteiger partial charge in [-0.3, -0.25) is 4.79 Å². The zero-order valence-electron chi connectivity index (χ0n) is 15.8. The molecule has 0 fully saturated rings. The van der Waals surface area contributed by atoms with E-state index in [0.717, 1.165) is 21.2 Å². The van der Waals surface area contributed by atoms with Crippen LogP contribution in [0.3, 0.4) is 0 Å². The van der Waals surface area contributed by atoms with E-state index in [0.29, 0.717) is 5.75 Å². The molecule has 1 atom stereocenters. The lowest BCUT2D eigenvalue weighted by molar-refractivity contribution is -0.123. The van der Waals surface area contributed by atoms with Gasteiger partial charge >= 0.3 is 0 Å². The Morgan fingerprint density at radius 1 is 0.960 bits per heavy atom. The molecule has 134 valence electrons. The van der Waals surface area contributed by atoms with Crippen LogP contribution in [-0.2, 0) is 4.79 Å². The number of amides is 1. The largest absolute Gasteiger partial charge is 0.484 e. The van der Waals surface area contributed by atoms with E-state index in [4.69, 9.17) is 4.74 Å². The maximum absolute atomic E-state index is 12.3. The summed E-state index contributed by atoms with van der Waals surface area (Å²) in [5, 5.41) is 3.02. The van der Waals surface area contributed by atoms with Gasteiger partial charge in [0.1, 0.15) is 5.75 Å². The third-order valence-electron chi connectivity index (χ3n) is 4.51. The van der Waals surface area contributed by atoms with Crippen LogP contribution in [0.5, 0.6) is 5.75 Å². The lowest BCUT2D eigenvalue weighted by Crippen LogP contribution is -2.31. The number of hydrogen-bond donors (Lipinski definition) is 1. The van der Waals surface area contributed by atoms with E-state index in [1.165, 1.54) is 16.7 Å². The molecule has 4 heteroatoms. The van der Waals surface area contributed by atoms with Crippen molar-refractivity contribution in [3.63, 3.8) is 0 Å². The smallest absolute Gasteiger partial charge is 0.258 e. The first-order chi connectivity index (χ1) is 11.7. The second-order valence-corrected chi connectivity index (χ2v) is 7.53. The second-order valence-electron chi connectivity index (χ2n) is 6.74. The van der Waals surface area contributed by atoms with Gasteiger partial charge in [0.2, 0.25) is 0 Å². The third-order valence-corrected chi connectivity index (χ3v) is 5.76. The number of carbonyl (C=O) groups excluding carboxylic acids is 1. The normalized spacial score (nSPS) is 12.0. The fourth-order valence-electron chi connectivity index (χ4n) is 2.95. The first kappa shape index (κ1) is 19.5. The minimum absolute atomic E-state index is 0.00867. The number of nitrogens with one attached hydrogen (secondary N) is 1. The van der Waals surface area contributed by atoms with Crippen LogP contribution in [0, 0.1) is 34.6 Å². The minimum atomic E-state index is -0.122. The van der Waals surface area contributed by atoms with Crippen LogP contribution in [0.4, 0.5) is 0 Å². The van der Waals surface area contributed by atoms with Gasteiger partial charge in [0, 0.05) is 4.47 Å². The SMILES string of the molecule is Cc1cc(C)c([C@H](C)NC(=O)COc2cc(C)c(Br)c(C)c2)cc1C. The molecule has 0 bridgehead atoms. The molecule has 0 aliphatic carbocycles. The summed E-state index contributed by atoms with van der Waals surface area (Å²) in [7, 11) is 0. The first-order valence-corrected chi connectivity index (χ1v) is 9.25. The second kappa shape index (κ2) is 8.05. The van der Waals surface area contributed by atoms with Crippen LogP contribution in [0.2, 0.25) is 0 Å². The Morgan fingerprint density at radius 2 is 1.52 bits per heavy atom. The fourth-order valence-corrected chi connectivity index (χ4v) is 3.18. The van der Waals surface area contributed by atoms with Crippen LogP contribution in [0.1, 0.15) is 46.3 Å². The molecule has 2 rings (SSSR count). The Hall–Kier alpha value is -1.81. The molecular formula is C21H26BrNO2. The monoisotopic (exact) mass is 403 g/mol. The molecule has 0 aromatic heterocycles. The van der Waals surface area contributed by atoms with Crippen LogP contribution in [0.15, 0.2) is 28.7 Å². The zero-order chi connectivity index (χ0) is 18.7. The molecule has 0 saturated heterocycles. The number of aryl methyl sites for hydroxylation is 5. The van der Waals surface area contributed by atoms with Crippen molar-refractivity contribution in [1.29, 1.82) is 0 Å². The molecule has 0 spiro atoms. The van der Waals surface area contributed by atoms with E-state index >= 15 is 0 Å². The van der Waals surface area contributed by atoms with Crippen LogP contribution >= 0.6 is 15.9 Å². The molecule has 0 aliphatic rings. The van der Waals surface area contributed by atoms with E-state index < -0.39 is 0 Å². The molecule has 0 heterocycles. The predicted molar refractivity (Wildman–Crippen MR) is 106 cm³/mol. The highest BCUT2D eigenvalue weighted by molar-refractivity contribution is 9.10. The molecule has 0 unspecified atom stereocenters. The molecule has 0 radical (unpaired) electrons. The van der Waals surface area contributed by atoms with Crippen molar-refractivity contribution < 1.29 is 9.53 Å². The van der Waals surface area contributed by atoms with Crippen molar-refractivity contribution in [2.45, 2.75) is 47.6 Å². The summed E-state index contributed by atoms with van der Waals surface area (Å²) in [6.45, 7) is 12.3. The molecule has 3 nitrogen and oxygen atoms in total. The molecule has 25 heavy (non-hydrogen) atoms. The van der Waals surface area contributed by atoms with Gasteiger partial charge in [0.25, 0.3) is 5.91 Å². The van der Waals surface area contributed by atoms with Crippen molar-refractivity contribution in [3.05, 3.63) is 62.1 Å². The highest BCUT2D eigenvalue weighted by Gasteiger charge is 2.14. The van der Waals surface area contributed by atoms with Gasteiger partial charge in [-0.05, 0) is 87.1 Å². The predicted octanol–water partition coefficient (Wildman–Crippen LogP) is 5.25. The highest BCUT2D eigenvalue weighted by atomic mass is 79.9. The van der Waals surface area contributed by atoms with Crippen molar-refractivity contribution in [2.75, 3.05) is 6.61 Å². The van der Waals surface area contributed by atoms with Gasteiger partial charge in [0.05, 0.1) is 6.04 Å². The molecular weight excluding hydrogens is 378 g/mol. The maximum atomic E-state index is 12.3. The number of halogens is 1. The van der Waals surface area contributed by atoms with Crippen molar-refractivity contribution in [1.82, 2.24) is 5.32 Å². The zero-order valence-corrected chi connectivity index (χ0v) is 17.4. The molecule has 0 saturated carbocycles. The van der Waals surface area contributed by atoms with Gasteiger partial charge in [-0.15, -0.1) is 0 Å². The van der Waals surface area contributed by atoms with Crippen molar-refractivity contribution in [2.24, 2.45) is 0 Å². The van der Waals surface area contributed by atoms with E-state index in [1.54, 1.807) is 0 Å². The van der Waals surface area contributed by atoms with Crippen molar-refractivity contribution >= 4 is 21.8 Å². The summed E-state index contributed by atoms with van der Waals surface area (Å²) in [6.07, 6.45) is 0. The maximum Gasteiger partial charge on any atom is 0.258 e. The van der Waals surface area contributed by atoms with E-state index in [9.17, 15) is 4.79 Å². The van der Waals surface area contributed by atoms with Gasteiger partial charge in [-0.2, -0.15) is 0 Å². The average Bonchev–Trinajstić information content (AvgIpc) is 2.53. The minimum Gasteiger partial charge on any atom is -0.484 e. The molecule has 0 aliphatic heterocycles. The lowest BCUT2D eigenvalue weighted by Gasteiger charge is -2.19. The summed E-state index contributed by atoms with van der Waals surface area (Å²) in [5.74, 6) is 0.590. The van der Waals surface area contributed by atoms with Crippen LogP contribution in [-0.4, -0.2) is 12.5 Å². The standard InChI is InChI=1S/C21H26BrNO2/c1-12-7-14(3)19(10-13(12)2)17(6)23-20(24)11-25-18-8-15(4)21(22)16(5)9-18/h7-10,17H,11H2,1-6H3,(H,23,24)/t17-/m0/s1.